The number of carbonyl (C=O) groups excluding carboxylic acids is 2. The van der Waals surface area contributed by atoms with Gasteiger partial charge in [-0.25, -0.2) is 0 Å². The first-order chi connectivity index (χ1) is 11.0. The molecule has 0 atom stereocenters. The molecule has 1 heterocycles. The number of furan rings is 1. The molecule has 1 aromatic heterocycles. The van der Waals surface area contributed by atoms with Gasteiger partial charge in [-0.15, -0.1) is 0 Å². The van der Waals surface area contributed by atoms with Crippen molar-refractivity contribution in [2.75, 3.05) is 13.1 Å². The number of amides is 2. The summed E-state index contributed by atoms with van der Waals surface area (Å²) in [7, 11) is 0. The van der Waals surface area contributed by atoms with Crippen LogP contribution < -0.4 is 10.6 Å². The predicted octanol–water partition coefficient (Wildman–Crippen LogP) is 3.22. The summed E-state index contributed by atoms with van der Waals surface area (Å²) in [5.41, 5.74) is 1.39. The number of hydrogen-bond acceptors (Lipinski definition) is 3. The summed E-state index contributed by atoms with van der Waals surface area (Å²) < 4.78 is 5.23. The van der Waals surface area contributed by atoms with E-state index in [1.807, 2.05) is 13.8 Å². The Bertz CT molecular complexity index is 677. The van der Waals surface area contributed by atoms with E-state index in [-0.39, 0.29) is 17.7 Å². The molecule has 0 spiro atoms. The van der Waals surface area contributed by atoms with E-state index in [4.69, 9.17) is 16.0 Å². The van der Waals surface area contributed by atoms with Crippen molar-refractivity contribution >= 4 is 23.4 Å². The van der Waals surface area contributed by atoms with Crippen LogP contribution in [0.1, 0.15) is 46.2 Å². The van der Waals surface area contributed by atoms with Crippen molar-refractivity contribution in [3.63, 3.8) is 0 Å². The molecule has 0 saturated heterocycles. The van der Waals surface area contributed by atoms with Crippen LogP contribution in [-0.2, 0) is 0 Å². The monoisotopic (exact) mass is 334 g/mol. The lowest BCUT2D eigenvalue weighted by atomic mass is 10.0. The quantitative estimate of drug-likeness (QED) is 0.797. The molecule has 1 aromatic carbocycles. The summed E-state index contributed by atoms with van der Waals surface area (Å²) >= 11 is 5.77. The molecule has 5 nitrogen and oxygen atoms in total. The van der Waals surface area contributed by atoms with Gasteiger partial charge in [-0.05, 0) is 36.2 Å². The van der Waals surface area contributed by atoms with E-state index in [9.17, 15) is 9.59 Å². The van der Waals surface area contributed by atoms with Crippen LogP contribution in [-0.4, -0.2) is 24.9 Å². The molecule has 0 unspecified atom stereocenters. The van der Waals surface area contributed by atoms with Gasteiger partial charge in [-0.1, -0.05) is 25.4 Å². The lowest BCUT2D eigenvalue weighted by Gasteiger charge is -2.08. The van der Waals surface area contributed by atoms with E-state index >= 15 is 0 Å². The molecule has 23 heavy (non-hydrogen) atoms. The maximum absolute atomic E-state index is 12.1. The zero-order valence-electron chi connectivity index (χ0n) is 13.1. The first-order valence-electron chi connectivity index (χ1n) is 7.38. The second kappa shape index (κ2) is 7.83. The fourth-order valence-electron chi connectivity index (χ4n) is 2.09. The van der Waals surface area contributed by atoms with Crippen LogP contribution in [0.4, 0.5) is 0 Å². The van der Waals surface area contributed by atoms with Crippen LogP contribution in [0.5, 0.6) is 0 Å². The number of hydrogen-bond donors (Lipinski definition) is 2. The lowest BCUT2D eigenvalue weighted by Crippen LogP contribution is -2.34. The number of rotatable bonds is 6. The first kappa shape index (κ1) is 17.1. The van der Waals surface area contributed by atoms with E-state index in [1.165, 1.54) is 6.26 Å². The van der Waals surface area contributed by atoms with Crippen molar-refractivity contribution in [2.45, 2.75) is 19.8 Å². The average molecular weight is 335 g/mol. The van der Waals surface area contributed by atoms with Crippen molar-refractivity contribution in [3.8, 4) is 0 Å². The Morgan fingerprint density at radius 2 is 1.65 bits per heavy atom. The molecule has 2 N–H and O–H groups in total. The van der Waals surface area contributed by atoms with Crippen LogP contribution in [0.3, 0.4) is 0 Å². The highest BCUT2D eigenvalue weighted by atomic mass is 35.5. The minimum Gasteiger partial charge on any atom is -0.459 e. The summed E-state index contributed by atoms with van der Waals surface area (Å²) in [5, 5.41) is 6.03. The normalized spacial score (nSPS) is 10.6. The minimum atomic E-state index is -0.278. The predicted molar refractivity (Wildman–Crippen MR) is 88.9 cm³/mol. The Morgan fingerprint density at radius 3 is 2.26 bits per heavy atom. The maximum Gasteiger partial charge on any atom is 0.287 e. The van der Waals surface area contributed by atoms with E-state index < -0.39 is 0 Å². The molecule has 0 fully saturated rings. The Kier molecular flexibility index (Phi) is 5.82. The van der Waals surface area contributed by atoms with Gasteiger partial charge in [-0.3, -0.25) is 9.59 Å². The SMILES string of the molecule is CC(C)c1ccoc1C(=O)NCCNC(=O)c1ccc(Cl)cc1. The number of halogens is 1. The van der Waals surface area contributed by atoms with E-state index in [0.29, 0.717) is 29.4 Å². The summed E-state index contributed by atoms with van der Waals surface area (Å²) in [4.78, 5) is 23.9. The van der Waals surface area contributed by atoms with E-state index in [0.717, 1.165) is 5.56 Å². The van der Waals surface area contributed by atoms with Gasteiger partial charge in [0.2, 0.25) is 0 Å². The third kappa shape index (κ3) is 4.60. The Labute approximate surface area is 140 Å². The summed E-state index contributed by atoms with van der Waals surface area (Å²) in [6.07, 6.45) is 1.51. The highest BCUT2D eigenvalue weighted by Gasteiger charge is 2.17. The molecular formula is C17H19ClN2O3. The molecule has 6 heteroatoms. The van der Waals surface area contributed by atoms with Crippen molar-refractivity contribution in [1.29, 1.82) is 0 Å². The van der Waals surface area contributed by atoms with Crippen molar-refractivity contribution in [2.24, 2.45) is 0 Å². The molecule has 0 aliphatic rings. The smallest absolute Gasteiger partial charge is 0.287 e. The zero-order valence-corrected chi connectivity index (χ0v) is 13.8. The third-order valence-corrected chi connectivity index (χ3v) is 3.58. The van der Waals surface area contributed by atoms with Crippen LogP contribution in [0.2, 0.25) is 5.02 Å². The first-order valence-corrected chi connectivity index (χ1v) is 7.76. The second-order valence-electron chi connectivity index (χ2n) is 5.38. The Hall–Kier alpha value is -2.27. The van der Waals surface area contributed by atoms with Crippen LogP contribution >= 0.6 is 11.6 Å². The minimum absolute atomic E-state index is 0.208. The van der Waals surface area contributed by atoms with Crippen molar-refractivity contribution in [1.82, 2.24) is 10.6 Å². The second-order valence-corrected chi connectivity index (χ2v) is 5.81. The van der Waals surface area contributed by atoms with Gasteiger partial charge in [0.05, 0.1) is 6.26 Å². The van der Waals surface area contributed by atoms with Gasteiger partial charge in [0.25, 0.3) is 11.8 Å². The lowest BCUT2D eigenvalue weighted by molar-refractivity contribution is 0.0909. The molecule has 2 rings (SSSR count). The number of carbonyl (C=O) groups is 2. The molecule has 0 aliphatic carbocycles. The molecule has 0 saturated carbocycles. The van der Waals surface area contributed by atoms with Crippen molar-refractivity contribution in [3.05, 3.63) is 58.5 Å². The van der Waals surface area contributed by atoms with E-state index in [1.54, 1.807) is 30.3 Å². The maximum atomic E-state index is 12.1. The standard InChI is InChI=1S/C17H19ClN2O3/c1-11(2)14-7-10-23-15(14)17(22)20-9-8-19-16(21)12-3-5-13(18)6-4-12/h3-7,10-11H,8-9H2,1-2H3,(H,19,21)(H,20,22). The Morgan fingerprint density at radius 1 is 1.04 bits per heavy atom. The molecule has 0 radical (unpaired) electrons. The molecule has 122 valence electrons. The van der Waals surface area contributed by atoms with Crippen molar-refractivity contribution < 1.29 is 14.0 Å². The summed E-state index contributed by atoms with van der Waals surface area (Å²) in [5.74, 6) is 0.0411. The summed E-state index contributed by atoms with van der Waals surface area (Å²) in [6.45, 7) is 4.63. The molecule has 2 amide bonds. The van der Waals surface area contributed by atoms with Gasteiger partial charge in [-0.2, -0.15) is 0 Å². The highest BCUT2D eigenvalue weighted by molar-refractivity contribution is 6.30. The Balaban J connectivity index is 1.79. The van der Waals surface area contributed by atoms with Gasteiger partial charge >= 0.3 is 0 Å². The fraction of sp³-hybridized carbons (Fsp3) is 0.294. The van der Waals surface area contributed by atoms with Gasteiger partial charge in [0.15, 0.2) is 5.76 Å². The molecule has 2 aromatic rings. The number of nitrogens with one attached hydrogen (secondary N) is 2. The van der Waals surface area contributed by atoms with Gasteiger partial charge < -0.3 is 15.1 Å². The van der Waals surface area contributed by atoms with Crippen LogP contribution in [0.25, 0.3) is 0 Å². The number of benzene rings is 1. The largest absolute Gasteiger partial charge is 0.459 e. The average Bonchev–Trinajstić information content (AvgIpc) is 3.01. The fourth-order valence-corrected chi connectivity index (χ4v) is 2.22. The zero-order chi connectivity index (χ0) is 16.8. The van der Waals surface area contributed by atoms with Gasteiger partial charge in [0.1, 0.15) is 0 Å². The summed E-state index contributed by atoms with van der Waals surface area (Å²) in [6, 6.07) is 8.40. The van der Waals surface area contributed by atoms with Crippen LogP contribution in [0, 0.1) is 0 Å². The molecular weight excluding hydrogens is 316 g/mol. The topological polar surface area (TPSA) is 71.3 Å². The molecule has 0 bridgehead atoms. The highest BCUT2D eigenvalue weighted by Crippen LogP contribution is 2.20. The van der Waals surface area contributed by atoms with E-state index in [2.05, 4.69) is 10.6 Å². The van der Waals surface area contributed by atoms with Gasteiger partial charge in [0, 0.05) is 29.2 Å². The molecule has 0 aliphatic heterocycles. The van der Waals surface area contributed by atoms with Crippen LogP contribution in [0.15, 0.2) is 41.0 Å². The third-order valence-electron chi connectivity index (χ3n) is 3.33.